The van der Waals surface area contributed by atoms with Gasteiger partial charge in [0.25, 0.3) is 0 Å². The topological polar surface area (TPSA) is 75.4 Å². The number of carbonyl (C=O) groups is 2. The molecule has 1 atom stereocenters. The Morgan fingerprint density at radius 3 is 2.81 bits per heavy atom. The Balaban J connectivity index is 1.69. The molecule has 1 fully saturated rings. The Kier molecular flexibility index (Phi) is 3.43. The highest BCUT2D eigenvalue weighted by molar-refractivity contribution is 6.03. The van der Waals surface area contributed by atoms with E-state index in [-0.39, 0.29) is 24.2 Å². The lowest BCUT2D eigenvalue weighted by Gasteiger charge is -2.16. The standard InChI is InChI=1S/C15H15N3O3/c1-10-2-4-13(5-3-10)18-8-11(6-14(18)19)15(20)17-12-7-16-21-9-12/h2-5,7,9,11H,6,8H2,1H3,(H,17,20)/t11-/m0/s1. The van der Waals surface area contributed by atoms with E-state index >= 15 is 0 Å². The van der Waals surface area contributed by atoms with Crippen LogP contribution in [0.1, 0.15) is 12.0 Å². The fourth-order valence-electron chi connectivity index (χ4n) is 2.37. The smallest absolute Gasteiger partial charge is 0.229 e. The van der Waals surface area contributed by atoms with Gasteiger partial charge >= 0.3 is 0 Å². The Labute approximate surface area is 121 Å². The first-order chi connectivity index (χ1) is 10.1. The van der Waals surface area contributed by atoms with Crippen LogP contribution in [0.5, 0.6) is 0 Å². The van der Waals surface area contributed by atoms with Gasteiger partial charge in [-0.3, -0.25) is 9.59 Å². The zero-order valence-electron chi connectivity index (χ0n) is 11.6. The molecule has 1 aromatic heterocycles. The molecule has 6 nitrogen and oxygen atoms in total. The number of nitrogens with one attached hydrogen (secondary N) is 1. The first-order valence-corrected chi connectivity index (χ1v) is 6.71. The number of benzene rings is 1. The fraction of sp³-hybridized carbons (Fsp3) is 0.267. The van der Waals surface area contributed by atoms with Crippen molar-refractivity contribution in [2.75, 3.05) is 16.8 Å². The average Bonchev–Trinajstić information content (AvgIpc) is 3.09. The van der Waals surface area contributed by atoms with Gasteiger partial charge in [-0.25, -0.2) is 0 Å². The van der Waals surface area contributed by atoms with Crippen LogP contribution >= 0.6 is 0 Å². The lowest BCUT2D eigenvalue weighted by molar-refractivity contribution is -0.122. The maximum absolute atomic E-state index is 12.1. The van der Waals surface area contributed by atoms with E-state index < -0.39 is 0 Å². The monoisotopic (exact) mass is 285 g/mol. The number of nitrogens with zero attached hydrogens (tertiary/aromatic N) is 2. The summed E-state index contributed by atoms with van der Waals surface area (Å²) in [5.74, 6) is -0.598. The van der Waals surface area contributed by atoms with Crippen molar-refractivity contribution in [3.05, 3.63) is 42.3 Å². The highest BCUT2D eigenvalue weighted by Gasteiger charge is 2.35. The average molecular weight is 285 g/mol. The molecule has 2 amide bonds. The van der Waals surface area contributed by atoms with Gasteiger partial charge in [0.1, 0.15) is 12.0 Å². The van der Waals surface area contributed by atoms with Gasteiger partial charge < -0.3 is 14.7 Å². The molecule has 0 unspecified atom stereocenters. The van der Waals surface area contributed by atoms with Gasteiger partial charge in [0, 0.05) is 18.7 Å². The van der Waals surface area contributed by atoms with Crippen molar-refractivity contribution in [3.63, 3.8) is 0 Å². The van der Waals surface area contributed by atoms with Gasteiger partial charge in [-0.05, 0) is 19.1 Å². The number of aromatic nitrogens is 1. The lowest BCUT2D eigenvalue weighted by Crippen LogP contribution is -2.28. The highest BCUT2D eigenvalue weighted by Crippen LogP contribution is 2.26. The number of hydrogen-bond acceptors (Lipinski definition) is 4. The maximum Gasteiger partial charge on any atom is 0.229 e. The van der Waals surface area contributed by atoms with Crippen molar-refractivity contribution in [1.82, 2.24) is 5.16 Å². The van der Waals surface area contributed by atoms with Crippen molar-refractivity contribution in [2.45, 2.75) is 13.3 Å². The molecule has 3 rings (SSSR count). The normalized spacial score (nSPS) is 18.0. The number of amides is 2. The van der Waals surface area contributed by atoms with E-state index in [0.717, 1.165) is 11.3 Å². The van der Waals surface area contributed by atoms with Gasteiger partial charge in [-0.15, -0.1) is 0 Å². The van der Waals surface area contributed by atoms with Gasteiger partial charge in [0.2, 0.25) is 11.8 Å². The third kappa shape index (κ3) is 2.79. The molecule has 1 aliphatic rings. The van der Waals surface area contributed by atoms with E-state index in [1.54, 1.807) is 4.90 Å². The zero-order valence-corrected chi connectivity index (χ0v) is 11.6. The minimum atomic E-state index is -0.367. The number of carbonyl (C=O) groups excluding carboxylic acids is 2. The van der Waals surface area contributed by atoms with Crippen molar-refractivity contribution in [3.8, 4) is 0 Å². The van der Waals surface area contributed by atoms with Crippen molar-refractivity contribution >= 4 is 23.2 Å². The van der Waals surface area contributed by atoms with Gasteiger partial charge in [0.05, 0.1) is 12.1 Å². The zero-order chi connectivity index (χ0) is 14.8. The third-order valence-corrected chi connectivity index (χ3v) is 3.54. The number of anilines is 2. The van der Waals surface area contributed by atoms with Gasteiger partial charge in [0.15, 0.2) is 0 Å². The molecule has 0 aliphatic carbocycles. The predicted octanol–water partition coefficient (Wildman–Crippen LogP) is 1.97. The summed E-state index contributed by atoms with van der Waals surface area (Å²) in [5, 5.41) is 6.21. The molecule has 108 valence electrons. The molecule has 1 N–H and O–H groups in total. The predicted molar refractivity (Wildman–Crippen MR) is 76.8 cm³/mol. The molecule has 1 aliphatic heterocycles. The fourth-order valence-corrected chi connectivity index (χ4v) is 2.37. The number of hydrogen-bond donors (Lipinski definition) is 1. The molecule has 6 heteroatoms. The summed E-state index contributed by atoms with van der Waals surface area (Å²) in [4.78, 5) is 25.9. The molecule has 21 heavy (non-hydrogen) atoms. The van der Waals surface area contributed by atoms with Crippen molar-refractivity contribution < 1.29 is 14.1 Å². The summed E-state index contributed by atoms with van der Waals surface area (Å²) in [6.07, 6.45) is 2.99. The Hall–Kier alpha value is -2.63. The first kappa shape index (κ1) is 13.4. The molecule has 0 bridgehead atoms. The van der Waals surface area contributed by atoms with Crippen LogP contribution in [0, 0.1) is 12.8 Å². The molecule has 1 aromatic carbocycles. The molecule has 1 saturated heterocycles. The minimum Gasteiger partial charge on any atom is -0.363 e. The Morgan fingerprint density at radius 2 is 2.14 bits per heavy atom. The summed E-state index contributed by atoms with van der Waals surface area (Å²) in [7, 11) is 0. The second-order valence-electron chi connectivity index (χ2n) is 5.14. The van der Waals surface area contributed by atoms with Crippen LogP contribution in [0.25, 0.3) is 0 Å². The van der Waals surface area contributed by atoms with Gasteiger partial charge in [-0.2, -0.15) is 0 Å². The third-order valence-electron chi connectivity index (χ3n) is 3.54. The van der Waals surface area contributed by atoms with Crippen LogP contribution in [-0.4, -0.2) is 23.5 Å². The molecular formula is C15H15N3O3. The summed E-state index contributed by atoms with van der Waals surface area (Å²) in [5.41, 5.74) is 2.46. The highest BCUT2D eigenvalue weighted by atomic mass is 16.5. The van der Waals surface area contributed by atoms with Crippen molar-refractivity contribution in [1.29, 1.82) is 0 Å². The van der Waals surface area contributed by atoms with Gasteiger partial charge in [-0.1, -0.05) is 22.9 Å². The van der Waals surface area contributed by atoms with E-state index in [2.05, 4.69) is 15.0 Å². The van der Waals surface area contributed by atoms with Crippen LogP contribution in [0.4, 0.5) is 11.4 Å². The number of rotatable bonds is 3. The van der Waals surface area contributed by atoms with Crippen LogP contribution in [0.3, 0.4) is 0 Å². The number of aryl methyl sites for hydroxylation is 1. The molecule has 0 saturated carbocycles. The molecule has 0 radical (unpaired) electrons. The second kappa shape index (κ2) is 5.40. The molecule has 2 heterocycles. The van der Waals surface area contributed by atoms with E-state index in [0.29, 0.717) is 12.2 Å². The minimum absolute atomic E-state index is 0.0377. The van der Waals surface area contributed by atoms with Crippen LogP contribution in [0.15, 0.2) is 41.2 Å². The van der Waals surface area contributed by atoms with E-state index in [1.807, 2.05) is 31.2 Å². The quantitative estimate of drug-likeness (QED) is 0.935. The largest absolute Gasteiger partial charge is 0.363 e. The summed E-state index contributed by atoms with van der Waals surface area (Å²) < 4.78 is 4.66. The SMILES string of the molecule is Cc1ccc(N2C[C@@H](C(=O)Nc3cnoc3)CC2=O)cc1. The van der Waals surface area contributed by atoms with Crippen LogP contribution in [-0.2, 0) is 9.59 Å². The summed E-state index contributed by atoms with van der Waals surface area (Å²) in [6.45, 7) is 2.38. The second-order valence-corrected chi connectivity index (χ2v) is 5.14. The summed E-state index contributed by atoms with van der Waals surface area (Å²) in [6, 6.07) is 7.70. The van der Waals surface area contributed by atoms with Crippen molar-refractivity contribution in [2.24, 2.45) is 5.92 Å². The van der Waals surface area contributed by atoms with Crippen LogP contribution < -0.4 is 10.2 Å². The molecule has 2 aromatic rings. The van der Waals surface area contributed by atoms with E-state index in [1.165, 1.54) is 12.5 Å². The molecule has 0 spiro atoms. The molecular weight excluding hydrogens is 270 g/mol. The summed E-state index contributed by atoms with van der Waals surface area (Å²) >= 11 is 0. The van der Waals surface area contributed by atoms with Crippen LogP contribution in [0.2, 0.25) is 0 Å². The van der Waals surface area contributed by atoms with E-state index in [4.69, 9.17) is 0 Å². The Morgan fingerprint density at radius 1 is 1.38 bits per heavy atom. The Bertz CT molecular complexity index is 649. The first-order valence-electron chi connectivity index (χ1n) is 6.71. The maximum atomic E-state index is 12.1. The lowest BCUT2D eigenvalue weighted by atomic mass is 10.1. The van der Waals surface area contributed by atoms with E-state index in [9.17, 15) is 9.59 Å².